The SMILES string of the molecule is COc1cc(N2CCC(N3CCN(CCCC#Cc4cc(C#N)cc5c4CN(C4CCC(=O)NC4=O)C5=O)CC3)CC2)ccc1Nc1ncc(Cl)c(Nc2ccccc2P(C)(C)=O)n1. The molecule has 332 valence electrons. The number of rotatable bonds is 12. The van der Waals surface area contributed by atoms with Gasteiger partial charge in [-0.1, -0.05) is 35.6 Å². The van der Waals surface area contributed by atoms with E-state index in [2.05, 4.69) is 64.6 Å². The number of fused-ring (bicyclic) bond motifs is 1. The fourth-order valence-electron chi connectivity index (χ4n) is 9.02. The Morgan fingerprint density at radius 1 is 0.969 bits per heavy atom. The van der Waals surface area contributed by atoms with Gasteiger partial charge in [0.25, 0.3) is 5.91 Å². The monoisotopic (exact) mass is 902 g/mol. The first-order valence-electron chi connectivity index (χ1n) is 21.7. The van der Waals surface area contributed by atoms with E-state index in [1.54, 1.807) is 32.6 Å². The highest BCUT2D eigenvalue weighted by Crippen LogP contribution is 2.39. The van der Waals surface area contributed by atoms with Gasteiger partial charge in [0.15, 0.2) is 5.82 Å². The van der Waals surface area contributed by atoms with Gasteiger partial charge in [-0.25, -0.2) is 4.98 Å². The predicted molar refractivity (Wildman–Crippen MR) is 249 cm³/mol. The van der Waals surface area contributed by atoms with Gasteiger partial charge in [0.2, 0.25) is 17.8 Å². The lowest BCUT2D eigenvalue weighted by Gasteiger charge is -2.43. The molecule has 3 saturated heterocycles. The number of nitrogens with one attached hydrogen (secondary N) is 3. The summed E-state index contributed by atoms with van der Waals surface area (Å²) in [4.78, 5) is 55.6. The van der Waals surface area contributed by atoms with Gasteiger partial charge in [-0.3, -0.25) is 24.6 Å². The molecule has 4 aromatic rings. The lowest BCUT2D eigenvalue weighted by atomic mass is 10.00. The summed E-state index contributed by atoms with van der Waals surface area (Å²) < 4.78 is 18.7. The summed E-state index contributed by atoms with van der Waals surface area (Å²) in [5, 5.41) is 19.6. The normalized spacial score (nSPS) is 18.5. The van der Waals surface area contributed by atoms with E-state index in [9.17, 15) is 24.2 Å². The van der Waals surface area contributed by atoms with Crippen molar-refractivity contribution in [1.29, 1.82) is 5.26 Å². The molecule has 0 saturated carbocycles. The van der Waals surface area contributed by atoms with Crippen LogP contribution in [0.3, 0.4) is 0 Å². The maximum absolute atomic E-state index is 13.3. The first-order valence-corrected chi connectivity index (χ1v) is 24.7. The first kappa shape index (κ1) is 44.6. The van der Waals surface area contributed by atoms with Crippen LogP contribution in [0.5, 0.6) is 5.75 Å². The van der Waals surface area contributed by atoms with Crippen molar-refractivity contribution in [2.45, 2.75) is 57.2 Å². The summed E-state index contributed by atoms with van der Waals surface area (Å²) >= 11 is 6.49. The number of piperazine rings is 1. The second kappa shape index (κ2) is 19.4. The van der Waals surface area contributed by atoms with E-state index in [1.165, 1.54) is 11.1 Å². The zero-order valence-electron chi connectivity index (χ0n) is 36.3. The molecule has 0 aliphatic carbocycles. The van der Waals surface area contributed by atoms with Gasteiger partial charge < -0.3 is 34.6 Å². The van der Waals surface area contributed by atoms with Crippen LogP contribution in [0.15, 0.2) is 60.8 Å². The number of halogens is 1. The van der Waals surface area contributed by atoms with Crippen molar-refractivity contribution in [1.82, 2.24) is 30.0 Å². The van der Waals surface area contributed by atoms with Crippen molar-refractivity contribution >= 4 is 70.6 Å². The Balaban J connectivity index is 0.794. The number of anilines is 5. The van der Waals surface area contributed by atoms with Crippen LogP contribution in [0.2, 0.25) is 5.02 Å². The molecule has 17 heteroatoms. The van der Waals surface area contributed by atoms with Crippen molar-refractivity contribution < 1.29 is 23.7 Å². The number of ether oxygens (including phenoxy) is 1. The number of nitrogens with zero attached hydrogens (tertiary/aromatic N) is 7. The van der Waals surface area contributed by atoms with Gasteiger partial charge in [0, 0.05) is 92.9 Å². The van der Waals surface area contributed by atoms with Crippen LogP contribution in [0, 0.1) is 23.2 Å². The lowest BCUT2D eigenvalue weighted by Crippen LogP contribution is -2.53. The minimum atomic E-state index is -2.55. The number of benzene rings is 3. The molecule has 8 rings (SSSR count). The van der Waals surface area contributed by atoms with Crippen molar-refractivity contribution in [3.05, 3.63) is 88.1 Å². The van der Waals surface area contributed by atoms with E-state index >= 15 is 0 Å². The summed E-state index contributed by atoms with van der Waals surface area (Å²) in [6, 6.07) is 18.8. The first-order chi connectivity index (χ1) is 30.9. The summed E-state index contributed by atoms with van der Waals surface area (Å²) in [5.41, 5.74) is 4.63. The van der Waals surface area contributed by atoms with Gasteiger partial charge in [0.05, 0.1) is 36.3 Å². The van der Waals surface area contributed by atoms with E-state index in [0.717, 1.165) is 82.0 Å². The van der Waals surface area contributed by atoms with E-state index in [0.29, 0.717) is 62.7 Å². The molecule has 0 bridgehead atoms. The van der Waals surface area contributed by atoms with Crippen molar-refractivity contribution in [2.75, 3.05) is 81.8 Å². The summed E-state index contributed by atoms with van der Waals surface area (Å²) in [6.07, 6.45) is 5.74. The summed E-state index contributed by atoms with van der Waals surface area (Å²) in [7, 11) is -0.904. The summed E-state index contributed by atoms with van der Waals surface area (Å²) in [5.74, 6) is 6.81. The lowest BCUT2D eigenvalue weighted by molar-refractivity contribution is -0.136. The highest BCUT2D eigenvalue weighted by atomic mass is 35.5. The third-order valence-corrected chi connectivity index (χ3v) is 14.3. The fraction of sp³-hybridized carbons (Fsp3) is 0.404. The Bertz CT molecular complexity index is 2600. The standard InChI is InChI=1S/C47H52ClN10O5P/c1-63-41-27-34(12-13-38(41)52-47-50-29-37(48)44(54-47)51-39-10-6-7-11-42(39)64(2,3)62)56-19-16-33(17-20-56)57-23-21-55(22-24-57)18-8-4-5-9-32-25-31(28-49)26-35-36(32)30-58(46(35)61)40-14-15-43(59)53-45(40)60/h6-7,10-13,25-27,29,33,40H,4,8,14-24,30H2,1-3H3,(H,53,59,60)(H2,50,51,52,54). The number of imide groups is 1. The third kappa shape index (κ3) is 10.0. The molecule has 1 aromatic heterocycles. The molecule has 3 amide bonds. The Hall–Kier alpha value is -5.96. The molecule has 0 radical (unpaired) electrons. The van der Waals surface area contributed by atoms with Gasteiger partial charge >= 0.3 is 0 Å². The number of piperidine rings is 2. The fourth-order valence-corrected chi connectivity index (χ4v) is 10.3. The Kier molecular flexibility index (Phi) is 13.5. The Morgan fingerprint density at radius 2 is 1.75 bits per heavy atom. The van der Waals surface area contributed by atoms with Crippen LogP contribution in [-0.2, 0) is 20.7 Å². The molecule has 4 aliphatic rings. The smallest absolute Gasteiger partial charge is 0.255 e. The predicted octanol–water partition coefficient (Wildman–Crippen LogP) is 5.92. The van der Waals surface area contributed by atoms with Gasteiger partial charge in [-0.05, 0) is 87.5 Å². The second-order valence-corrected chi connectivity index (χ2v) is 20.5. The molecule has 0 spiro atoms. The molecule has 1 atom stereocenters. The van der Waals surface area contributed by atoms with Crippen molar-refractivity contribution in [2.24, 2.45) is 0 Å². The molecule has 5 heterocycles. The number of carbonyl (C=O) groups excluding carboxylic acids is 3. The van der Waals surface area contributed by atoms with Crippen LogP contribution < -0.4 is 30.9 Å². The molecule has 1 unspecified atom stereocenters. The van der Waals surface area contributed by atoms with Crippen LogP contribution in [0.1, 0.15) is 65.6 Å². The van der Waals surface area contributed by atoms with Gasteiger partial charge in [0.1, 0.15) is 24.0 Å². The van der Waals surface area contributed by atoms with Crippen LogP contribution in [0.4, 0.5) is 28.8 Å². The zero-order valence-corrected chi connectivity index (χ0v) is 38.0. The maximum Gasteiger partial charge on any atom is 0.255 e. The zero-order chi connectivity index (χ0) is 45.0. The van der Waals surface area contributed by atoms with Crippen LogP contribution >= 0.6 is 18.7 Å². The largest absolute Gasteiger partial charge is 0.494 e. The average molecular weight is 903 g/mol. The van der Waals surface area contributed by atoms with E-state index < -0.39 is 19.1 Å². The summed E-state index contributed by atoms with van der Waals surface area (Å²) in [6.45, 7) is 10.6. The number of methoxy groups -OCH3 is 1. The van der Waals surface area contributed by atoms with Crippen molar-refractivity contribution in [3.63, 3.8) is 0 Å². The highest BCUT2D eigenvalue weighted by molar-refractivity contribution is 7.70. The van der Waals surface area contributed by atoms with Crippen molar-refractivity contribution in [3.8, 4) is 23.7 Å². The molecule has 64 heavy (non-hydrogen) atoms. The number of hydrogen-bond donors (Lipinski definition) is 3. The number of carbonyl (C=O) groups is 3. The third-order valence-electron chi connectivity index (χ3n) is 12.5. The van der Waals surface area contributed by atoms with Gasteiger partial charge in [-0.15, -0.1) is 0 Å². The minimum Gasteiger partial charge on any atom is -0.494 e. The van der Waals surface area contributed by atoms with E-state index in [4.69, 9.17) is 16.3 Å². The Labute approximate surface area is 378 Å². The molecular formula is C47H52ClN10O5P. The quantitative estimate of drug-likeness (QED) is 0.0662. The molecule has 3 N–H and O–H groups in total. The van der Waals surface area contributed by atoms with E-state index in [-0.39, 0.29) is 31.2 Å². The molecule has 15 nitrogen and oxygen atoms in total. The number of amides is 3. The number of unbranched alkanes of at least 4 members (excludes halogenated alkanes) is 1. The average Bonchev–Trinajstić information content (AvgIpc) is 3.62. The molecule has 4 aliphatic heterocycles. The minimum absolute atomic E-state index is 0.182. The van der Waals surface area contributed by atoms with E-state index in [1.807, 2.05) is 36.4 Å². The van der Waals surface area contributed by atoms with Gasteiger partial charge in [-0.2, -0.15) is 10.2 Å². The Morgan fingerprint density at radius 3 is 2.48 bits per heavy atom. The second-order valence-electron chi connectivity index (χ2n) is 17.0. The number of hydrogen-bond acceptors (Lipinski definition) is 13. The van der Waals surface area contributed by atoms with Crippen LogP contribution in [0.25, 0.3) is 0 Å². The molecule has 3 fully saturated rings. The number of nitriles is 1. The molecular weight excluding hydrogens is 851 g/mol. The number of para-hydroxylation sites is 1. The highest BCUT2D eigenvalue weighted by Gasteiger charge is 2.40. The number of aromatic nitrogens is 2. The van der Waals surface area contributed by atoms with Crippen LogP contribution in [-0.4, -0.2) is 121 Å². The topological polar surface area (TPSA) is 176 Å². The maximum atomic E-state index is 13.3. The molecule has 3 aromatic carbocycles.